The van der Waals surface area contributed by atoms with Crippen molar-refractivity contribution in [1.82, 2.24) is 4.98 Å². The smallest absolute Gasteiger partial charge is 0.373 e. The Kier molecular flexibility index (Phi) is 3.24. The molecule has 0 amide bonds. The quantitative estimate of drug-likeness (QED) is 0.477. The van der Waals surface area contributed by atoms with E-state index in [2.05, 4.69) is 25.1 Å². The van der Waals surface area contributed by atoms with E-state index in [0.717, 1.165) is 6.07 Å². The molecule has 1 rings (SSSR count). The van der Waals surface area contributed by atoms with E-state index in [1.165, 1.54) is 12.3 Å². The third-order valence-corrected chi connectivity index (χ3v) is 2.77. The van der Waals surface area contributed by atoms with Crippen LogP contribution in [-0.4, -0.2) is 18.9 Å². The predicted molar refractivity (Wildman–Crippen MR) is 47.5 cm³/mol. The van der Waals surface area contributed by atoms with Gasteiger partial charge in [0.2, 0.25) is 0 Å². The van der Waals surface area contributed by atoms with Crippen LogP contribution in [0.3, 0.4) is 0 Å². The average Bonchev–Trinajstić information content (AvgIpc) is 2.06. The number of rotatable bonds is 2. The number of halogens is 4. The van der Waals surface area contributed by atoms with Crippen LogP contribution in [0.1, 0.15) is 0 Å². The molecule has 15 heavy (non-hydrogen) atoms. The first kappa shape index (κ1) is 12.2. The Morgan fingerprint density at radius 1 is 1.40 bits per heavy atom. The fraction of sp³-hybridized carbons (Fsp3) is 0.167. The van der Waals surface area contributed by atoms with E-state index in [9.17, 15) is 21.6 Å². The summed E-state index contributed by atoms with van der Waals surface area (Å²) in [6, 6.07) is 2.28. The summed E-state index contributed by atoms with van der Waals surface area (Å²) in [5.74, 6) is -0.519. The van der Waals surface area contributed by atoms with Gasteiger partial charge in [0.1, 0.15) is 4.60 Å². The van der Waals surface area contributed by atoms with E-state index >= 15 is 0 Å². The van der Waals surface area contributed by atoms with Gasteiger partial charge in [-0.2, -0.15) is 21.6 Å². The van der Waals surface area contributed by atoms with Crippen LogP contribution in [0.2, 0.25) is 0 Å². The molecular formula is C6H3BrF3NO3S. The molecule has 1 aromatic rings. The normalized spacial score (nSPS) is 12.5. The van der Waals surface area contributed by atoms with Crippen molar-refractivity contribution >= 4 is 26.0 Å². The minimum atomic E-state index is -5.64. The molecule has 0 saturated heterocycles. The van der Waals surface area contributed by atoms with Crippen molar-refractivity contribution in [1.29, 1.82) is 0 Å². The van der Waals surface area contributed by atoms with Crippen molar-refractivity contribution in [2.45, 2.75) is 5.51 Å². The number of aromatic nitrogens is 1. The van der Waals surface area contributed by atoms with Gasteiger partial charge in [-0.05, 0) is 28.1 Å². The van der Waals surface area contributed by atoms with E-state index in [-0.39, 0.29) is 4.60 Å². The molecule has 9 heteroatoms. The third-order valence-electron chi connectivity index (χ3n) is 1.21. The van der Waals surface area contributed by atoms with E-state index in [1.807, 2.05) is 0 Å². The van der Waals surface area contributed by atoms with Crippen LogP contribution in [0.4, 0.5) is 13.2 Å². The molecule has 0 aliphatic heterocycles. The Morgan fingerprint density at radius 3 is 2.47 bits per heavy atom. The molecule has 0 radical (unpaired) electrons. The molecule has 0 saturated carbocycles. The van der Waals surface area contributed by atoms with Gasteiger partial charge in [-0.1, -0.05) is 0 Å². The first-order chi connectivity index (χ1) is 6.74. The van der Waals surface area contributed by atoms with Gasteiger partial charge in [-0.15, -0.1) is 0 Å². The molecule has 4 nitrogen and oxygen atoms in total. The van der Waals surface area contributed by atoms with Crippen LogP contribution in [0.15, 0.2) is 22.9 Å². The Bertz CT molecular complexity index is 459. The van der Waals surface area contributed by atoms with Crippen molar-refractivity contribution in [3.63, 3.8) is 0 Å². The predicted octanol–water partition coefficient (Wildman–Crippen LogP) is 2.07. The second-order valence-electron chi connectivity index (χ2n) is 2.28. The van der Waals surface area contributed by atoms with Crippen LogP contribution in [0.25, 0.3) is 0 Å². The summed E-state index contributed by atoms with van der Waals surface area (Å²) in [7, 11) is -5.64. The molecule has 0 unspecified atom stereocenters. The van der Waals surface area contributed by atoms with Gasteiger partial charge in [0.05, 0.1) is 0 Å². The maximum atomic E-state index is 11.9. The number of alkyl halides is 3. The van der Waals surface area contributed by atoms with Gasteiger partial charge >= 0.3 is 15.6 Å². The molecular weight excluding hydrogens is 303 g/mol. The van der Waals surface area contributed by atoms with Crippen molar-refractivity contribution < 1.29 is 25.8 Å². The zero-order valence-electron chi connectivity index (χ0n) is 6.82. The van der Waals surface area contributed by atoms with Crippen LogP contribution in [0, 0.1) is 0 Å². The molecule has 1 heterocycles. The van der Waals surface area contributed by atoms with Gasteiger partial charge in [0.25, 0.3) is 0 Å². The summed E-state index contributed by atoms with van der Waals surface area (Å²) >= 11 is 2.75. The van der Waals surface area contributed by atoms with Crippen molar-refractivity contribution in [3.8, 4) is 5.75 Å². The van der Waals surface area contributed by atoms with Crippen LogP contribution < -0.4 is 4.18 Å². The molecule has 0 N–H and O–H groups in total. The van der Waals surface area contributed by atoms with Gasteiger partial charge < -0.3 is 4.18 Å². The zero-order chi connectivity index (χ0) is 11.7. The molecule has 0 bridgehead atoms. The Balaban J connectivity index is 3.03. The molecule has 0 aliphatic carbocycles. The number of pyridine rings is 1. The van der Waals surface area contributed by atoms with Crippen LogP contribution >= 0.6 is 15.9 Å². The first-order valence-corrected chi connectivity index (χ1v) is 5.55. The third kappa shape index (κ3) is 2.81. The van der Waals surface area contributed by atoms with Gasteiger partial charge in [-0.25, -0.2) is 4.98 Å². The zero-order valence-corrected chi connectivity index (χ0v) is 9.23. The lowest BCUT2D eigenvalue weighted by Crippen LogP contribution is -2.28. The number of hydrogen-bond acceptors (Lipinski definition) is 4. The van der Waals surface area contributed by atoms with Gasteiger partial charge in [0, 0.05) is 6.20 Å². The minimum absolute atomic E-state index is 0.127. The van der Waals surface area contributed by atoms with Crippen LogP contribution in [0.5, 0.6) is 5.75 Å². The molecule has 0 aromatic carbocycles. The molecule has 0 atom stereocenters. The van der Waals surface area contributed by atoms with E-state index in [4.69, 9.17) is 0 Å². The Morgan fingerprint density at radius 2 is 2.00 bits per heavy atom. The van der Waals surface area contributed by atoms with E-state index in [0.29, 0.717) is 0 Å². The Hall–Kier alpha value is -0.830. The molecule has 0 aliphatic rings. The Labute approximate surface area is 91.3 Å². The highest BCUT2D eigenvalue weighted by molar-refractivity contribution is 9.10. The summed E-state index contributed by atoms with van der Waals surface area (Å²) < 4.78 is 60.6. The topological polar surface area (TPSA) is 56.3 Å². The maximum absolute atomic E-state index is 11.9. The standard InChI is InChI=1S/C6H3BrF3NO3S/c7-5-4(2-1-3-11-5)14-15(12,13)6(8,9)10/h1-3H. The molecule has 84 valence electrons. The largest absolute Gasteiger partial charge is 0.534 e. The number of hydrogen-bond donors (Lipinski definition) is 0. The lowest BCUT2D eigenvalue weighted by molar-refractivity contribution is -0.0500. The summed E-state index contributed by atoms with van der Waals surface area (Å²) in [5, 5.41) is 0. The maximum Gasteiger partial charge on any atom is 0.534 e. The fourth-order valence-corrected chi connectivity index (χ4v) is 1.50. The minimum Gasteiger partial charge on any atom is -0.373 e. The van der Waals surface area contributed by atoms with Crippen molar-refractivity contribution in [3.05, 3.63) is 22.9 Å². The van der Waals surface area contributed by atoms with Crippen molar-refractivity contribution in [2.75, 3.05) is 0 Å². The lowest BCUT2D eigenvalue weighted by atomic mass is 10.5. The summed E-state index contributed by atoms with van der Waals surface area (Å²) in [6.07, 6.45) is 1.26. The monoisotopic (exact) mass is 305 g/mol. The summed E-state index contributed by atoms with van der Waals surface area (Å²) in [6.45, 7) is 0. The second-order valence-corrected chi connectivity index (χ2v) is 4.56. The molecule has 1 aromatic heterocycles. The SMILES string of the molecule is O=S(=O)(Oc1cccnc1Br)C(F)(F)F. The first-order valence-electron chi connectivity index (χ1n) is 3.35. The summed E-state index contributed by atoms with van der Waals surface area (Å²) in [4.78, 5) is 3.51. The highest BCUT2D eigenvalue weighted by Gasteiger charge is 2.48. The lowest BCUT2D eigenvalue weighted by Gasteiger charge is -2.09. The van der Waals surface area contributed by atoms with E-state index < -0.39 is 21.4 Å². The van der Waals surface area contributed by atoms with Gasteiger partial charge in [0.15, 0.2) is 5.75 Å². The molecule has 0 fully saturated rings. The fourth-order valence-electron chi connectivity index (χ4n) is 0.599. The number of nitrogens with zero attached hydrogens (tertiary/aromatic N) is 1. The average molecular weight is 306 g/mol. The highest BCUT2D eigenvalue weighted by atomic mass is 79.9. The van der Waals surface area contributed by atoms with Gasteiger partial charge in [-0.3, -0.25) is 0 Å². The summed E-state index contributed by atoms with van der Waals surface area (Å²) in [5.41, 5.74) is -5.46. The van der Waals surface area contributed by atoms with Crippen molar-refractivity contribution in [2.24, 2.45) is 0 Å². The highest BCUT2D eigenvalue weighted by Crippen LogP contribution is 2.29. The second kappa shape index (κ2) is 3.97. The van der Waals surface area contributed by atoms with E-state index in [1.54, 1.807) is 0 Å². The van der Waals surface area contributed by atoms with Crippen LogP contribution in [-0.2, 0) is 10.1 Å². The molecule has 0 spiro atoms.